The van der Waals surface area contributed by atoms with Crippen LogP contribution in [0.25, 0.3) is 0 Å². The number of rotatable bonds is 67. The number of carbonyl (C=O) groups is 3. The summed E-state index contributed by atoms with van der Waals surface area (Å²) in [6.45, 7) is 4.79. The highest BCUT2D eigenvalue weighted by atomic mass is 16.7. The molecular formula is C74H137NO8. The lowest BCUT2D eigenvalue weighted by Crippen LogP contribution is -2.44. The smallest absolute Gasteiger partial charge is 0.306 e. The summed E-state index contributed by atoms with van der Waals surface area (Å²) in [5.41, 5.74) is 0. The second-order valence-corrected chi connectivity index (χ2v) is 25.5. The van der Waals surface area contributed by atoms with Crippen LogP contribution in [-0.2, 0) is 33.3 Å². The largest absolute Gasteiger partial charge is 0.545 e. The van der Waals surface area contributed by atoms with E-state index >= 15 is 0 Å². The Kier molecular flexibility index (Phi) is 63.1. The van der Waals surface area contributed by atoms with Gasteiger partial charge in [-0.25, -0.2) is 0 Å². The number of ether oxygens (including phenoxy) is 4. The summed E-state index contributed by atoms with van der Waals surface area (Å²) in [6, 6.07) is 0. The van der Waals surface area contributed by atoms with Crippen molar-refractivity contribution in [2.75, 3.05) is 47.5 Å². The van der Waals surface area contributed by atoms with Gasteiger partial charge in [-0.1, -0.05) is 306 Å². The Bertz CT molecular complexity index is 1500. The lowest BCUT2D eigenvalue weighted by atomic mass is 10.0. The minimum atomic E-state index is -1.62. The van der Waals surface area contributed by atoms with Crippen LogP contribution in [0.5, 0.6) is 0 Å². The molecule has 486 valence electrons. The Morgan fingerprint density at radius 2 is 0.651 bits per heavy atom. The van der Waals surface area contributed by atoms with Gasteiger partial charge in [0.1, 0.15) is 13.2 Å². The first-order valence-corrected chi connectivity index (χ1v) is 35.8. The molecule has 2 atom stereocenters. The third-order valence-electron chi connectivity index (χ3n) is 16.0. The van der Waals surface area contributed by atoms with Crippen molar-refractivity contribution in [3.8, 4) is 0 Å². The van der Waals surface area contributed by atoms with Gasteiger partial charge in [0.05, 0.1) is 40.3 Å². The van der Waals surface area contributed by atoms with Crippen LogP contribution >= 0.6 is 0 Å². The number of carboxylic acid groups (broad SMARTS) is 1. The molecule has 0 fully saturated rings. The molecule has 0 aliphatic rings. The molecule has 0 bridgehead atoms. The van der Waals surface area contributed by atoms with E-state index in [1.54, 1.807) is 0 Å². The van der Waals surface area contributed by atoms with Crippen molar-refractivity contribution in [3.05, 3.63) is 48.6 Å². The van der Waals surface area contributed by atoms with Crippen LogP contribution in [0.2, 0.25) is 0 Å². The van der Waals surface area contributed by atoms with E-state index in [0.29, 0.717) is 23.9 Å². The van der Waals surface area contributed by atoms with Gasteiger partial charge in [0.15, 0.2) is 12.4 Å². The number of likely N-dealkylation sites (N-methyl/N-ethyl adjacent to an activating group) is 1. The predicted octanol–water partition coefficient (Wildman–Crippen LogP) is 20.8. The Labute approximate surface area is 514 Å². The summed E-state index contributed by atoms with van der Waals surface area (Å²) < 4.78 is 22.8. The van der Waals surface area contributed by atoms with Gasteiger partial charge in [-0.2, -0.15) is 0 Å². The van der Waals surface area contributed by atoms with Crippen LogP contribution < -0.4 is 5.11 Å². The number of nitrogens with zero attached hydrogens (tertiary/aromatic N) is 1. The molecule has 83 heavy (non-hydrogen) atoms. The molecule has 0 aliphatic carbocycles. The highest BCUT2D eigenvalue weighted by Gasteiger charge is 2.22. The van der Waals surface area contributed by atoms with Crippen LogP contribution in [0.15, 0.2) is 48.6 Å². The standard InChI is InChI=1S/C74H137NO8/c1-6-8-10-12-14-16-18-20-22-24-26-28-30-32-34-36-38-40-42-44-46-48-50-52-54-56-58-60-62-64-71(76)81-68-70(69-82-74(73(78)79)80-67-66-75(3,4)5)83-72(77)65-63-61-59-57-55-53-51-49-47-45-43-41-39-37-35-33-31-29-27-25-23-21-19-17-15-13-11-9-7-2/h19,21,24-27,31,33,70,74H,6-18,20,22-23,28-30,32,34-69H2,1-5H3/b21-19-,26-24-,27-25-,33-31-. The van der Waals surface area contributed by atoms with E-state index in [2.05, 4.69) is 62.5 Å². The van der Waals surface area contributed by atoms with Gasteiger partial charge in [0.2, 0.25) is 0 Å². The summed E-state index contributed by atoms with van der Waals surface area (Å²) >= 11 is 0. The molecule has 0 aromatic heterocycles. The maximum absolute atomic E-state index is 12.9. The molecule has 0 aromatic carbocycles. The first-order valence-electron chi connectivity index (χ1n) is 35.8. The molecule has 0 amide bonds. The lowest BCUT2D eigenvalue weighted by molar-refractivity contribution is -0.870. The van der Waals surface area contributed by atoms with E-state index in [9.17, 15) is 19.5 Å². The first-order chi connectivity index (χ1) is 40.6. The highest BCUT2D eigenvalue weighted by molar-refractivity contribution is 5.70. The Balaban J connectivity index is 4.08. The average molecular weight is 1170 g/mol. The molecule has 0 rings (SSSR count). The van der Waals surface area contributed by atoms with Crippen molar-refractivity contribution in [1.29, 1.82) is 0 Å². The van der Waals surface area contributed by atoms with E-state index in [4.69, 9.17) is 18.9 Å². The SMILES string of the molecule is CCCCCCC/C=C\C/C=C\C/C=C\CCCCCCCCCCCCCCCCC(=O)OC(COC(=O)CCCCCCCCCCCCCCCCCCC/C=C\CCCCCCCCCC)COC(OCC[N+](C)(C)C)C(=O)[O-]. The molecule has 0 N–H and O–H groups in total. The van der Waals surface area contributed by atoms with Crippen molar-refractivity contribution >= 4 is 17.9 Å². The number of unbranched alkanes of at least 4 members (excludes halogenated alkanes) is 44. The van der Waals surface area contributed by atoms with Crippen LogP contribution in [0.3, 0.4) is 0 Å². The first kappa shape index (κ1) is 80.2. The number of aliphatic carboxylic acids is 1. The quantitative estimate of drug-likeness (QED) is 0.0195. The molecule has 9 heteroatoms. The number of hydrogen-bond acceptors (Lipinski definition) is 8. The minimum absolute atomic E-state index is 0.149. The molecule has 2 unspecified atom stereocenters. The summed E-state index contributed by atoms with van der Waals surface area (Å²) in [7, 11) is 5.94. The number of esters is 2. The average Bonchev–Trinajstić information content (AvgIpc) is 3.46. The topological polar surface area (TPSA) is 111 Å². The summed E-state index contributed by atoms with van der Waals surface area (Å²) in [5, 5.41) is 11.8. The molecule has 0 radical (unpaired) electrons. The van der Waals surface area contributed by atoms with Crippen LogP contribution in [-0.4, -0.2) is 82.3 Å². The third-order valence-corrected chi connectivity index (χ3v) is 16.0. The molecule has 0 spiro atoms. The summed E-state index contributed by atoms with van der Waals surface area (Å²) in [4.78, 5) is 37.5. The second-order valence-electron chi connectivity index (χ2n) is 25.5. The minimum Gasteiger partial charge on any atom is -0.545 e. The number of carbonyl (C=O) groups excluding carboxylic acids is 3. The van der Waals surface area contributed by atoms with Crippen molar-refractivity contribution in [2.24, 2.45) is 0 Å². The van der Waals surface area contributed by atoms with Crippen molar-refractivity contribution < 1.29 is 42.9 Å². The maximum atomic E-state index is 12.9. The fraction of sp³-hybridized carbons (Fsp3) is 0.851. The van der Waals surface area contributed by atoms with Crippen molar-refractivity contribution in [1.82, 2.24) is 0 Å². The van der Waals surface area contributed by atoms with E-state index in [1.165, 1.54) is 270 Å². The Morgan fingerprint density at radius 3 is 0.976 bits per heavy atom. The van der Waals surface area contributed by atoms with Gasteiger partial charge in [-0.05, 0) is 77.0 Å². The van der Waals surface area contributed by atoms with Gasteiger partial charge < -0.3 is 33.3 Å². The van der Waals surface area contributed by atoms with Crippen LogP contribution in [0.4, 0.5) is 0 Å². The van der Waals surface area contributed by atoms with Gasteiger partial charge in [-0.3, -0.25) is 9.59 Å². The van der Waals surface area contributed by atoms with E-state index in [0.717, 1.165) is 44.9 Å². The number of hydrogen-bond donors (Lipinski definition) is 0. The highest BCUT2D eigenvalue weighted by Crippen LogP contribution is 2.18. The molecule has 9 nitrogen and oxygen atoms in total. The molecule has 0 heterocycles. The zero-order valence-electron chi connectivity index (χ0n) is 55.6. The van der Waals surface area contributed by atoms with Crippen molar-refractivity contribution in [3.63, 3.8) is 0 Å². The lowest BCUT2D eigenvalue weighted by Gasteiger charge is -2.26. The number of allylic oxidation sites excluding steroid dienone is 8. The van der Waals surface area contributed by atoms with Crippen LogP contribution in [0, 0.1) is 0 Å². The number of carboxylic acids is 1. The van der Waals surface area contributed by atoms with Gasteiger partial charge >= 0.3 is 11.9 Å². The van der Waals surface area contributed by atoms with Gasteiger partial charge in [0, 0.05) is 12.8 Å². The molecule has 0 aliphatic heterocycles. The number of quaternary nitrogens is 1. The third kappa shape index (κ3) is 66.6. The van der Waals surface area contributed by atoms with Crippen LogP contribution in [0.1, 0.15) is 348 Å². The molecular weight excluding hydrogens is 1030 g/mol. The predicted molar refractivity (Wildman–Crippen MR) is 352 cm³/mol. The van der Waals surface area contributed by atoms with E-state index in [-0.39, 0.29) is 32.2 Å². The molecule has 0 saturated carbocycles. The fourth-order valence-electron chi connectivity index (χ4n) is 10.5. The van der Waals surface area contributed by atoms with E-state index in [1.807, 2.05) is 21.1 Å². The summed E-state index contributed by atoms with van der Waals surface area (Å²) in [6.07, 6.45) is 80.5. The maximum Gasteiger partial charge on any atom is 0.306 e. The Morgan fingerprint density at radius 1 is 0.361 bits per heavy atom. The molecule has 0 saturated heterocycles. The van der Waals surface area contributed by atoms with Gasteiger partial charge in [0.25, 0.3) is 0 Å². The summed E-state index contributed by atoms with van der Waals surface area (Å²) in [5.74, 6) is -2.26. The second kappa shape index (κ2) is 65.2. The Hall–Kier alpha value is -2.75. The molecule has 0 aromatic rings. The monoisotopic (exact) mass is 1170 g/mol. The normalized spacial score (nSPS) is 12.9. The zero-order valence-corrected chi connectivity index (χ0v) is 55.6. The van der Waals surface area contributed by atoms with Crippen molar-refractivity contribution in [2.45, 2.75) is 360 Å². The van der Waals surface area contributed by atoms with Gasteiger partial charge in [-0.15, -0.1) is 0 Å². The van der Waals surface area contributed by atoms with E-state index < -0.39 is 24.3 Å². The fourth-order valence-corrected chi connectivity index (χ4v) is 10.5. The zero-order chi connectivity index (χ0) is 60.5.